The van der Waals surface area contributed by atoms with Crippen molar-refractivity contribution in [2.45, 2.75) is 6.92 Å². The number of rotatable bonds is 5. The molecule has 5 heteroatoms. The van der Waals surface area contributed by atoms with E-state index in [1.165, 1.54) is 0 Å². The molecule has 3 nitrogen and oxygen atoms in total. The van der Waals surface area contributed by atoms with Gasteiger partial charge >= 0.3 is 5.97 Å². The van der Waals surface area contributed by atoms with E-state index in [0.29, 0.717) is 27.9 Å². The van der Waals surface area contributed by atoms with Crippen molar-refractivity contribution in [3.05, 3.63) is 40.4 Å². The summed E-state index contributed by atoms with van der Waals surface area (Å²) in [5, 5.41) is 3.95. The van der Waals surface area contributed by atoms with Gasteiger partial charge in [-0.25, -0.2) is 4.79 Å². The van der Waals surface area contributed by atoms with E-state index in [9.17, 15) is 4.79 Å². The summed E-state index contributed by atoms with van der Waals surface area (Å²) in [5.74, 6) is -0.428. The minimum absolute atomic E-state index is 0.238. The third kappa shape index (κ3) is 3.95. The second-order valence-corrected chi connectivity index (χ2v) is 4.09. The molecule has 0 aliphatic heterocycles. The molecule has 0 unspecified atom stereocenters. The van der Waals surface area contributed by atoms with Crippen LogP contribution in [0.2, 0.25) is 10.0 Å². The Bertz CT molecular complexity index is 412. The van der Waals surface area contributed by atoms with Crippen LogP contribution >= 0.6 is 23.2 Å². The largest absolute Gasteiger partial charge is 0.463 e. The average molecular weight is 274 g/mol. The monoisotopic (exact) mass is 273 g/mol. The molecule has 17 heavy (non-hydrogen) atoms. The maximum absolute atomic E-state index is 11.3. The predicted octanol–water partition coefficient (Wildman–Crippen LogP) is 3.52. The Labute approximate surface area is 110 Å². The van der Waals surface area contributed by atoms with Crippen LogP contribution in [-0.2, 0) is 9.53 Å². The highest BCUT2D eigenvalue weighted by Gasteiger charge is 2.10. The summed E-state index contributed by atoms with van der Waals surface area (Å²) in [4.78, 5) is 11.3. The first-order chi connectivity index (χ1) is 8.06. The van der Waals surface area contributed by atoms with Gasteiger partial charge in [0.15, 0.2) is 0 Å². The zero-order chi connectivity index (χ0) is 12.8. The van der Waals surface area contributed by atoms with E-state index >= 15 is 0 Å². The molecule has 92 valence electrons. The van der Waals surface area contributed by atoms with Crippen LogP contribution in [0.5, 0.6) is 0 Å². The summed E-state index contributed by atoms with van der Waals surface area (Å²) in [6.07, 6.45) is 0. The van der Waals surface area contributed by atoms with Gasteiger partial charge in [0.2, 0.25) is 0 Å². The fraction of sp³-hybridized carbons (Fsp3) is 0.250. The Kier molecular flexibility index (Phi) is 5.32. The van der Waals surface area contributed by atoms with Gasteiger partial charge in [-0.1, -0.05) is 35.8 Å². The number of benzene rings is 1. The third-order valence-electron chi connectivity index (χ3n) is 2.01. The van der Waals surface area contributed by atoms with Gasteiger partial charge in [-0.15, -0.1) is 0 Å². The maximum atomic E-state index is 11.3. The number of ether oxygens (including phenoxy) is 1. The SMILES string of the molecule is C=C(CNc1c(Cl)cccc1Cl)C(=O)OCC. The van der Waals surface area contributed by atoms with Crippen molar-refractivity contribution in [3.63, 3.8) is 0 Å². The molecule has 0 saturated heterocycles. The second kappa shape index (κ2) is 6.52. The van der Waals surface area contributed by atoms with E-state index in [-0.39, 0.29) is 6.54 Å². The van der Waals surface area contributed by atoms with Crippen LogP contribution < -0.4 is 5.32 Å². The van der Waals surface area contributed by atoms with Crippen molar-refractivity contribution in [1.82, 2.24) is 0 Å². The lowest BCUT2D eigenvalue weighted by molar-refractivity contribution is -0.138. The zero-order valence-corrected chi connectivity index (χ0v) is 10.9. The van der Waals surface area contributed by atoms with Crippen LogP contribution in [0.25, 0.3) is 0 Å². The highest BCUT2D eigenvalue weighted by Crippen LogP contribution is 2.29. The van der Waals surface area contributed by atoms with Gasteiger partial charge in [0, 0.05) is 12.1 Å². The number of carbonyl (C=O) groups excluding carboxylic acids is 1. The molecule has 0 aliphatic carbocycles. The van der Waals surface area contributed by atoms with E-state index in [4.69, 9.17) is 27.9 Å². The summed E-state index contributed by atoms with van der Waals surface area (Å²) in [6.45, 7) is 5.93. The molecule has 1 rings (SSSR count). The molecule has 0 atom stereocenters. The van der Waals surface area contributed by atoms with E-state index in [1.807, 2.05) is 0 Å². The second-order valence-electron chi connectivity index (χ2n) is 3.27. The summed E-state index contributed by atoms with van der Waals surface area (Å²) < 4.78 is 4.81. The molecule has 0 fully saturated rings. The number of esters is 1. The maximum Gasteiger partial charge on any atom is 0.335 e. The van der Waals surface area contributed by atoms with Crippen LogP contribution in [0.3, 0.4) is 0 Å². The lowest BCUT2D eigenvalue weighted by Gasteiger charge is -2.11. The highest BCUT2D eigenvalue weighted by atomic mass is 35.5. The van der Waals surface area contributed by atoms with Crippen LogP contribution in [-0.4, -0.2) is 19.1 Å². The van der Waals surface area contributed by atoms with E-state index in [1.54, 1.807) is 25.1 Å². The summed E-state index contributed by atoms with van der Waals surface area (Å²) in [5.41, 5.74) is 0.907. The topological polar surface area (TPSA) is 38.3 Å². The smallest absolute Gasteiger partial charge is 0.335 e. The van der Waals surface area contributed by atoms with Crippen molar-refractivity contribution in [1.29, 1.82) is 0 Å². The average Bonchev–Trinajstić information content (AvgIpc) is 2.28. The molecular weight excluding hydrogens is 261 g/mol. The zero-order valence-electron chi connectivity index (χ0n) is 9.43. The molecule has 0 saturated carbocycles. The Balaban J connectivity index is 2.62. The molecule has 1 aromatic rings. The van der Waals surface area contributed by atoms with E-state index < -0.39 is 5.97 Å². The number of hydrogen-bond acceptors (Lipinski definition) is 3. The van der Waals surface area contributed by atoms with Crippen LogP contribution in [0.1, 0.15) is 6.92 Å². The van der Waals surface area contributed by atoms with E-state index in [2.05, 4.69) is 11.9 Å². The lowest BCUT2D eigenvalue weighted by Crippen LogP contribution is -2.15. The van der Waals surface area contributed by atoms with Crippen LogP contribution in [0, 0.1) is 0 Å². The first-order valence-corrected chi connectivity index (χ1v) is 5.84. The van der Waals surface area contributed by atoms with Gasteiger partial charge in [0.25, 0.3) is 0 Å². The normalized spacial score (nSPS) is 9.82. The van der Waals surface area contributed by atoms with Gasteiger partial charge in [-0.2, -0.15) is 0 Å². The van der Waals surface area contributed by atoms with Gasteiger partial charge in [-0.3, -0.25) is 0 Å². The molecule has 0 bridgehead atoms. The number of carbonyl (C=O) groups is 1. The van der Waals surface area contributed by atoms with Crippen molar-refractivity contribution < 1.29 is 9.53 Å². The highest BCUT2D eigenvalue weighted by molar-refractivity contribution is 6.39. The first-order valence-electron chi connectivity index (χ1n) is 5.09. The standard InChI is InChI=1S/C12H13Cl2NO2/c1-3-17-12(16)8(2)7-15-11-9(13)5-4-6-10(11)14/h4-6,15H,2-3,7H2,1H3. The minimum atomic E-state index is -0.428. The Morgan fingerprint density at radius 1 is 1.41 bits per heavy atom. The molecule has 0 amide bonds. The van der Waals surface area contributed by atoms with E-state index in [0.717, 1.165) is 0 Å². The van der Waals surface area contributed by atoms with Crippen LogP contribution in [0.4, 0.5) is 5.69 Å². The number of halogens is 2. The number of anilines is 1. The minimum Gasteiger partial charge on any atom is -0.463 e. The molecule has 0 aliphatic rings. The van der Waals surface area contributed by atoms with Crippen molar-refractivity contribution in [2.75, 3.05) is 18.5 Å². The molecule has 0 aromatic heterocycles. The summed E-state index contributed by atoms with van der Waals surface area (Å²) >= 11 is 11.9. The third-order valence-corrected chi connectivity index (χ3v) is 2.64. The Morgan fingerprint density at radius 3 is 2.53 bits per heavy atom. The lowest BCUT2D eigenvalue weighted by atomic mass is 10.2. The molecule has 1 N–H and O–H groups in total. The van der Waals surface area contributed by atoms with Crippen LogP contribution in [0.15, 0.2) is 30.4 Å². The van der Waals surface area contributed by atoms with Crippen molar-refractivity contribution in [2.24, 2.45) is 0 Å². The summed E-state index contributed by atoms with van der Waals surface area (Å²) in [6, 6.07) is 5.17. The summed E-state index contributed by atoms with van der Waals surface area (Å²) in [7, 11) is 0. The Morgan fingerprint density at radius 2 is 2.00 bits per heavy atom. The first kappa shape index (κ1) is 13.9. The molecule has 0 radical (unpaired) electrons. The fourth-order valence-corrected chi connectivity index (χ4v) is 1.70. The molecule has 0 heterocycles. The molecule has 0 spiro atoms. The number of para-hydroxylation sites is 1. The van der Waals surface area contributed by atoms with Gasteiger partial charge in [0.05, 0.1) is 22.3 Å². The van der Waals surface area contributed by atoms with Gasteiger partial charge in [-0.05, 0) is 19.1 Å². The Hall–Kier alpha value is -1.19. The van der Waals surface area contributed by atoms with Gasteiger partial charge in [0.1, 0.15) is 0 Å². The molecular formula is C12H13Cl2NO2. The van der Waals surface area contributed by atoms with Crippen molar-refractivity contribution in [3.8, 4) is 0 Å². The number of hydrogen-bond donors (Lipinski definition) is 1. The predicted molar refractivity (Wildman–Crippen MR) is 70.7 cm³/mol. The fourth-order valence-electron chi connectivity index (χ4n) is 1.17. The van der Waals surface area contributed by atoms with Gasteiger partial charge < -0.3 is 10.1 Å². The number of nitrogens with one attached hydrogen (secondary N) is 1. The van der Waals surface area contributed by atoms with Crippen molar-refractivity contribution >= 4 is 34.9 Å². The quantitative estimate of drug-likeness (QED) is 0.659. The molecule has 1 aromatic carbocycles.